The lowest BCUT2D eigenvalue weighted by Crippen LogP contribution is -2.55. The molecule has 22 heavy (non-hydrogen) atoms. The molecule has 0 spiro atoms. The molecule has 0 radical (unpaired) electrons. The fourth-order valence-corrected chi connectivity index (χ4v) is 4.15. The van der Waals surface area contributed by atoms with Gasteiger partial charge in [0.25, 0.3) is 0 Å². The highest BCUT2D eigenvalue weighted by Crippen LogP contribution is 2.38. The van der Waals surface area contributed by atoms with E-state index in [2.05, 4.69) is 34.0 Å². The van der Waals surface area contributed by atoms with Gasteiger partial charge in [0.15, 0.2) is 0 Å². The Morgan fingerprint density at radius 1 is 1.55 bits per heavy atom. The third kappa shape index (κ3) is 3.06. The Morgan fingerprint density at radius 2 is 2.32 bits per heavy atom. The molecule has 1 aromatic heterocycles. The smallest absolute Gasteiger partial charge is 0.224 e. The van der Waals surface area contributed by atoms with Crippen LogP contribution in [-0.2, 0) is 0 Å². The Balaban J connectivity index is 1.80. The van der Waals surface area contributed by atoms with Crippen molar-refractivity contribution in [3.05, 3.63) is 17.0 Å². The molecule has 7 heteroatoms. The zero-order chi connectivity index (χ0) is 15.9. The Hall–Kier alpha value is -0.950. The van der Waals surface area contributed by atoms with Crippen LogP contribution in [0.25, 0.3) is 0 Å². The number of aliphatic hydroxyl groups is 1. The number of halogens is 1. The number of nitrogens with zero attached hydrogens (tertiary/aromatic N) is 3. The number of hydrogen-bond donors (Lipinski definition) is 3. The molecule has 2 aliphatic rings. The third-order valence-corrected chi connectivity index (χ3v) is 5.09. The van der Waals surface area contributed by atoms with Crippen LogP contribution in [0.1, 0.15) is 51.3 Å². The average molecular weight is 326 g/mol. The van der Waals surface area contributed by atoms with Crippen molar-refractivity contribution in [3.8, 4) is 0 Å². The molecule has 1 aromatic rings. The summed E-state index contributed by atoms with van der Waals surface area (Å²) >= 11 is 5.89. The first-order valence-corrected chi connectivity index (χ1v) is 8.24. The van der Waals surface area contributed by atoms with E-state index in [1.807, 2.05) is 0 Å². The van der Waals surface area contributed by atoms with Crippen molar-refractivity contribution >= 4 is 17.4 Å². The summed E-state index contributed by atoms with van der Waals surface area (Å²) in [6.07, 6.45) is 4.99. The van der Waals surface area contributed by atoms with E-state index in [4.69, 9.17) is 17.3 Å². The van der Waals surface area contributed by atoms with Crippen LogP contribution in [0.3, 0.4) is 0 Å². The van der Waals surface area contributed by atoms with Gasteiger partial charge in [-0.25, -0.2) is 9.97 Å². The van der Waals surface area contributed by atoms with Gasteiger partial charge in [0, 0.05) is 23.8 Å². The van der Waals surface area contributed by atoms with E-state index in [0.717, 1.165) is 12.8 Å². The zero-order valence-corrected chi connectivity index (χ0v) is 13.8. The summed E-state index contributed by atoms with van der Waals surface area (Å²) in [4.78, 5) is 10.7. The summed E-state index contributed by atoms with van der Waals surface area (Å²) in [6.45, 7) is 5.78. The van der Waals surface area contributed by atoms with Crippen LogP contribution in [0.2, 0.25) is 5.28 Å². The summed E-state index contributed by atoms with van der Waals surface area (Å²) in [5.41, 5.74) is 6.24. The predicted molar refractivity (Wildman–Crippen MR) is 86.6 cm³/mol. The van der Waals surface area contributed by atoms with E-state index in [1.165, 1.54) is 25.6 Å². The summed E-state index contributed by atoms with van der Waals surface area (Å²) in [5, 5.41) is 13.3. The van der Waals surface area contributed by atoms with E-state index in [9.17, 15) is 5.11 Å². The molecule has 122 valence electrons. The first kappa shape index (κ1) is 15.9. The monoisotopic (exact) mass is 325 g/mol. The molecule has 2 aliphatic heterocycles. The first-order valence-electron chi connectivity index (χ1n) is 7.86. The first-order chi connectivity index (χ1) is 10.4. The van der Waals surface area contributed by atoms with Gasteiger partial charge in [-0.3, -0.25) is 4.90 Å². The number of anilines is 1. The van der Waals surface area contributed by atoms with E-state index >= 15 is 0 Å². The van der Waals surface area contributed by atoms with Crippen LogP contribution in [-0.4, -0.2) is 44.1 Å². The summed E-state index contributed by atoms with van der Waals surface area (Å²) in [5.74, 6) is 0.544. The van der Waals surface area contributed by atoms with Crippen molar-refractivity contribution in [2.45, 2.75) is 63.4 Å². The van der Waals surface area contributed by atoms with Crippen LogP contribution in [0.5, 0.6) is 0 Å². The minimum Gasteiger partial charge on any atom is -0.374 e. The van der Waals surface area contributed by atoms with Crippen LogP contribution in [0.15, 0.2) is 6.20 Å². The average Bonchev–Trinajstić information content (AvgIpc) is 2.87. The lowest BCUT2D eigenvalue weighted by atomic mass is 9.84. The van der Waals surface area contributed by atoms with E-state index < -0.39 is 6.23 Å². The van der Waals surface area contributed by atoms with Crippen molar-refractivity contribution < 1.29 is 5.11 Å². The second kappa shape index (κ2) is 5.92. The summed E-state index contributed by atoms with van der Waals surface area (Å²) < 4.78 is 0. The normalized spacial score (nSPS) is 29.1. The van der Waals surface area contributed by atoms with Crippen LogP contribution in [0.4, 0.5) is 5.82 Å². The Labute approximate surface area is 136 Å². The maximum absolute atomic E-state index is 9.68. The third-order valence-electron chi connectivity index (χ3n) is 4.90. The van der Waals surface area contributed by atoms with E-state index in [0.29, 0.717) is 17.4 Å². The molecule has 3 rings (SSSR count). The van der Waals surface area contributed by atoms with Crippen LogP contribution < -0.4 is 11.1 Å². The molecule has 0 aliphatic carbocycles. The second-order valence-electron chi connectivity index (χ2n) is 6.97. The maximum Gasteiger partial charge on any atom is 0.224 e. The van der Waals surface area contributed by atoms with Crippen LogP contribution >= 0.6 is 11.6 Å². The number of aliphatic hydroxyl groups excluding tert-OH is 1. The molecular formula is C15H24ClN5O. The largest absolute Gasteiger partial charge is 0.374 e. The second-order valence-corrected chi connectivity index (χ2v) is 7.31. The predicted octanol–water partition coefficient (Wildman–Crippen LogP) is 1.90. The SMILES string of the molecule is CC1(C)C[C@H](Nc2nc(Cl)ncc2C(N)O)C[C@@H]2CCCN21. The number of piperidine rings is 1. The highest BCUT2D eigenvalue weighted by atomic mass is 35.5. The molecule has 0 aromatic carbocycles. The molecule has 0 bridgehead atoms. The van der Waals surface area contributed by atoms with E-state index in [-0.39, 0.29) is 16.9 Å². The molecule has 4 N–H and O–H groups in total. The van der Waals surface area contributed by atoms with Gasteiger partial charge >= 0.3 is 0 Å². The fourth-order valence-electron chi connectivity index (χ4n) is 4.01. The van der Waals surface area contributed by atoms with Crippen molar-refractivity contribution in [2.75, 3.05) is 11.9 Å². The van der Waals surface area contributed by atoms with Gasteiger partial charge in [0.05, 0.1) is 5.56 Å². The van der Waals surface area contributed by atoms with Crippen LogP contribution in [0, 0.1) is 0 Å². The Morgan fingerprint density at radius 3 is 3.05 bits per heavy atom. The van der Waals surface area contributed by atoms with Crippen molar-refractivity contribution in [2.24, 2.45) is 5.73 Å². The number of hydrogen-bond acceptors (Lipinski definition) is 6. The molecule has 1 unspecified atom stereocenters. The van der Waals surface area contributed by atoms with Gasteiger partial charge in [-0.1, -0.05) is 0 Å². The number of aromatic nitrogens is 2. The Kier molecular flexibility index (Phi) is 4.29. The quantitative estimate of drug-likeness (QED) is 0.581. The highest BCUT2D eigenvalue weighted by molar-refractivity contribution is 6.28. The van der Waals surface area contributed by atoms with Gasteiger partial charge in [0.1, 0.15) is 12.0 Å². The van der Waals surface area contributed by atoms with Crippen molar-refractivity contribution in [1.82, 2.24) is 14.9 Å². The number of fused-ring (bicyclic) bond motifs is 1. The number of nitrogens with two attached hydrogens (primary N) is 1. The minimum atomic E-state index is -1.11. The topological polar surface area (TPSA) is 87.3 Å². The lowest BCUT2D eigenvalue weighted by Gasteiger charge is -2.48. The molecule has 3 heterocycles. The number of nitrogens with one attached hydrogen (secondary N) is 1. The highest BCUT2D eigenvalue weighted by Gasteiger charge is 2.43. The Bertz CT molecular complexity index is 551. The van der Waals surface area contributed by atoms with E-state index in [1.54, 1.807) is 0 Å². The molecule has 0 amide bonds. The van der Waals surface area contributed by atoms with Gasteiger partial charge in [0.2, 0.25) is 5.28 Å². The van der Waals surface area contributed by atoms with Crippen molar-refractivity contribution in [1.29, 1.82) is 0 Å². The molecular weight excluding hydrogens is 302 g/mol. The molecule has 0 saturated carbocycles. The molecule has 2 saturated heterocycles. The molecule has 3 atom stereocenters. The summed E-state index contributed by atoms with van der Waals surface area (Å²) in [6, 6.07) is 0.905. The van der Waals surface area contributed by atoms with Gasteiger partial charge < -0.3 is 16.2 Å². The fraction of sp³-hybridized carbons (Fsp3) is 0.733. The standard InChI is InChI=1S/C15H24ClN5O/c1-15(2)7-9(6-10-4-3-5-21(10)15)19-13-11(12(17)22)8-18-14(16)20-13/h8-10,12,22H,3-7,17H2,1-2H3,(H,18,19,20)/t9-,10+,12?/m1/s1. The minimum absolute atomic E-state index is 0.157. The molecule has 6 nitrogen and oxygen atoms in total. The van der Waals surface area contributed by atoms with Crippen molar-refractivity contribution in [3.63, 3.8) is 0 Å². The molecule has 2 fully saturated rings. The maximum atomic E-state index is 9.68. The van der Waals surface area contributed by atoms with Gasteiger partial charge in [-0.2, -0.15) is 0 Å². The lowest BCUT2D eigenvalue weighted by molar-refractivity contribution is 0.0500. The number of rotatable bonds is 3. The van der Waals surface area contributed by atoms with Gasteiger partial charge in [-0.05, 0) is 57.7 Å². The summed E-state index contributed by atoms with van der Waals surface area (Å²) in [7, 11) is 0. The zero-order valence-electron chi connectivity index (χ0n) is 13.1. The van der Waals surface area contributed by atoms with Gasteiger partial charge in [-0.15, -0.1) is 0 Å².